The predicted molar refractivity (Wildman–Crippen MR) is 34.2 cm³/mol. The van der Waals surface area contributed by atoms with Gasteiger partial charge in [-0.1, -0.05) is 6.92 Å². The summed E-state index contributed by atoms with van der Waals surface area (Å²) in [6.07, 6.45) is 2.79. The average Bonchev–Trinajstić information content (AvgIpc) is 1.88. The van der Waals surface area contributed by atoms with Crippen LogP contribution in [0, 0.1) is 5.92 Å². The van der Waals surface area contributed by atoms with Crippen molar-refractivity contribution in [2.75, 3.05) is 6.61 Å². The lowest BCUT2D eigenvalue weighted by molar-refractivity contribution is -0.122. The maximum Gasteiger partial charge on any atom is 0.148 e. The highest BCUT2D eigenvalue weighted by Gasteiger charge is 2.17. The lowest BCUT2D eigenvalue weighted by atomic mass is 9.99. The van der Waals surface area contributed by atoms with Crippen LogP contribution < -0.4 is 0 Å². The molecule has 0 saturated carbocycles. The largest absolute Gasteiger partial charge is 0.371 e. The van der Waals surface area contributed by atoms with E-state index in [0.717, 1.165) is 25.7 Å². The maximum absolute atomic E-state index is 10.2. The molecule has 1 heterocycles. The molecule has 0 aromatic heterocycles. The Kier molecular flexibility index (Phi) is 2.22. The highest BCUT2D eigenvalue weighted by atomic mass is 16.5. The van der Waals surface area contributed by atoms with Gasteiger partial charge in [0.2, 0.25) is 0 Å². The first kappa shape index (κ1) is 6.75. The molecule has 0 radical (unpaired) electrons. The van der Waals surface area contributed by atoms with E-state index < -0.39 is 0 Å². The third-order valence-electron chi connectivity index (χ3n) is 1.73. The second-order valence-corrected chi connectivity index (χ2v) is 2.67. The van der Waals surface area contributed by atoms with Crippen molar-refractivity contribution < 1.29 is 9.53 Å². The monoisotopic (exact) mass is 128 g/mol. The molecule has 2 heteroatoms. The number of rotatable bonds is 1. The summed E-state index contributed by atoms with van der Waals surface area (Å²) in [5.41, 5.74) is 0. The number of hydrogen-bond donors (Lipinski definition) is 0. The van der Waals surface area contributed by atoms with Gasteiger partial charge in [-0.25, -0.2) is 0 Å². The van der Waals surface area contributed by atoms with Crippen LogP contribution in [0.1, 0.15) is 19.8 Å². The predicted octanol–water partition coefficient (Wildman–Crippen LogP) is 1.00. The molecule has 0 aliphatic carbocycles. The van der Waals surface area contributed by atoms with Crippen LogP contribution in [0.15, 0.2) is 0 Å². The summed E-state index contributed by atoms with van der Waals surface area (Å²) in [6, 6.07) is 0. The number of carbonyl (C=O) groups excluding carboxylic acids is 1. The smallest absolute Gasteiger partial charge is 0.148 e. The molecule has 1 fully saturated rings. The van der Waals surface area contributed by atoms with Crippen molar-refractivity contribution in [3.8, 4) is 0 Å². The van der Waals surface area contributed by atoms with Gasteiger partial charge in [-0.3, -0.25) is 0 Å². The summed E-state index contributed by atoms with van der Waals surface area (Å²) >= 11 is 0. The van der Waals surface area contributed by atoms with Crippen LogP contribution in [0.4, 0.5) is 0 Å². The van der Waals surface area contributed by atoms with Gasteiger partial charge >= 0.3 is 0 Å². The SMILES string of the molecule is CC1CCOC(C=O)C1. The highest BCUT2D eigenvalue weighted by Crippen LogP contribution is 2.17. The van der Waals surface area contributed by atoms with Crippen molar-refractivity contribution in [3.05, 3.63) is 0 Å². The molecule has 0 bridgehead atoms. The summed E-state index contributed by atoms with van der Waals surface area (Å²) in [4.78, 5) is 10.2. The summed E-state index contributed by atoms with van der Waals surface area (Å²) in [6.45, 7) is 2.91. The molecule has 1 aliphatic rings. The Hall–Kier alpha value is -0.370. The first-order valence-electron chi connectivity index (χ1n) is 3.40. The molecule has 9 heavy (non-hydrogen) atoms. The molecular formula is C7H12O2. The van der Waals surface area contributed by atoms with E-state index in [1.807, 2.05) is 0 Å². The number of hydrogen-bond acceptors (Lipinski definition) is 2. The minimum absolute atomic E-state index is 0.117. The van der Waals surface area contributed by atoms with E-state index in [1.165, 1.54) is 0 Å². The van der Waals surface area contributed by atoms with Gasteiger partial charge in [0, 0.05) is 6.61 Å². The van der Waals surface area contributed by atoms with Gasteiger partial charge in [-0.05, 0) is 18.8 Å². The normalized spacial score (nSPS) is 36.1. The van der Waals surface area contributed by atoms with Gasteiger partial charge in [0.25, 0.3) is 0 Å². The number of aldehydes is 1. The van der Waals surface area contributed by atoms with Crippen molar-refractivity contribution in [1.82, 2.24) is 0 Å². The van der Waals surface area contributed by atoms with E-state index >= 15 is 0 Å². The third kappa shape index (κ3) is 1.79. The molecule has 52 valence electrons. The molecule has 0 aromatic carbocycles. The summed E-state index contributed by atoms with van der Waals surface area (Å²) < 4.78 is 5.13. The highest BCUT2D eigenvalue weighted by molar-refractivity contribution is 5.56. The van der Waals surface area contributed by atoms with Crippen LogP contribution in [0.2, 0.25) is 0 Å². The van der Waals surface area contributed by atoms with E-state index in [2.05, 4.69) is 6.92 Å². The van der Waals surface area contributed by atoms with Crippen molar-refractivity contribution >= 4 is 6.29 Å². The van der Waals surface area contributed by atoms with Gasteiger partial charge < -0.3 is 9.53 Å². The van der Waals surface area contributed by atoms with Crippen molar-refractivity contribution in [3.63, 3.8) is 0 Å². The fourth-order valence-corrected chi connectivity index (χ4v) is 1.10. The van der Waals surface area contributed by atoms with Gasteiger partial charge in [0.05, 0.1) is 0 Å². The molecule has 0 amide bonds. The Balaban J connectivity index is 2.31. The summed E-state index contributed by atoms with van der Waals surface area (Å²) in [7, 11) is 0. The van der Waals surface area contributed by atoms with Crippen LogP contribution in [0.5, 0.6) is 0 Å². The Labute approximate surface area is 55.2 Å². The van der Waals surface area contributed by atoms with Crippen molar-refractivity contribution in [1.29, 1.82) is 0 Å². The molecule has 2 atom stereocenters. The second kappa shape index (κ2) is 2.97. The maximum atomic E-state index is 10.2. The molecule has 1 aliphatic heterocycles. The van der Waals surface area contributed by atoms with Gasteiger partial charge in [-0.15, -0.1) is 0 Å². The molecule has 1 saturated heterocycles. The first-order valence-corrected chi connectivity index (χ1v) is 3.40. The molecule has 0 N–H and O–H groups in total. The Morgan fingerprint density at radius 2 is 2.44 bits per heavy atom. The van der Waals surface area contributed by atoms with Gasteiger partial charge in [0.15, 0.2) is 0 Å². The van der Waals surface area contributed by atoms with Crippen LogP contribution in [-0.4, -0.2) is 19.0 Å². The fraction of sp³-hybridized carbons (Fsp3) is 0.857. The van der Waals surface area contributed by atoms with E-state index in [9.17, 15) is 4.79 Å². The Bertz CT molecular complexity index is 101. The second-order valence-electron chi connectivity index (χ2n) is 2.67. The van der Waals surface area contributed by atoms with Crippen molar-refractivity contribution in [2.45, 2.75) is 25.9 Å². The summed E-state index contributed by atoms with van der Waals surface area (Å²) in [5.74, 6) is 0.661. The van der Waals surface area contributed by atoms with Crippen LogP contribution in [0.25, 0.3) is 0 Å². The van der Waals surface area contributed by atoms with Gasteiger partial charge in [0.1, 0.15) is 12.4 Å². The minimum atomic E-state index is -0.117. The molecule has 0 aromatic rings. The van der Waals surface area contributed by atoms with Gasteiger partial charge in [-0.2, -0.15) is 0 Å². The third-order valence-corrected chi connectivity index (χ3v) is 1.73. The van der Waals surface area contributed by atoms with Crippen molar-refractivity contribution in [2.24, 2.45) is 5.92 Å². The minimum Gasteiger partial charge on any atom is -0.371 e. The van der Waals surface area contributed by atoms with E-state index in [-0.39, 0.29) is 6.10 Å². The molecule has 1 rings (SSSR count). The lowest BCUT2D eigenvalue weighted by Gasteiger charge is -2.22. The topological polar surface area (TPSA) is 26.3 Å². The zero-order valence-corrected chi connectivity index (χ0v) is 5.67. The molecule has 2 nitrogen and oxygen atoms in total. The zero-order valence-electron chi connectivity index (χ0n) is 5.67. The Morgan fingerprint density at radius 3 is 2.89 bits per heavy atom. The Morgan fingerprint density at radius 1 is 1.67 bits per heavy atom. The van der Waals surface area contributed by atoms with E-state index in [0.29, 0.717) is 5.92 Å². The number of carbonyl (C=O) groups is 1. The zero-order chi connectivity index (χ0) is 6.69. The van der Waals surface area contributed by atoms with Crippen LogP contribution >= 0.6 is 0 Å². The summed E-state index contributed by atoms with van der Waals surface area (Å²) in [5, 5.41) is 0. The molecule has 2 unspecified atom stereocenters. The average molecular weight is 128 g/mol. The fourth-order valence-electron chi connectivity index (χ4n) is 1.10. The molecule has 0 spiro atoms. The quantitative estimate of drug-likeness (QED) is 0.492. The lowest BCUT2D eigenvalue weighted by Crippen LogP contribution is -2.25. The number of ether oxygens (including phenoxy) is 1. The van der Waals surface area contributed by atoms with E-state index in [1.54, 1.807) is 0 Å². The van der Waals surface area contributed by atoms with Crippen LogP contribution in [-0.2, 0) is 9.53 Å². The standard InChI is InChI=1S/C7H12O2/c1-6-2-3-9-7(4-6)5-8/h5-7H,2-4H2,1H3. The molecular weight excluding hydrogens is 116 g/mol. The van der Waals surface area contributed by atoms with Crippen LogP contribution in [0.3, 0.4) is 0 Å². The van der Waals surface area contributed by atoms with E-state index in [4.69, 9.17) is 4.74 Å². The first-order chi connectivity index (χ1) is 4.33.